The fourth-order valence-corrected chi connectivity index (χ4v) is 3.20. The summed E-state index contributed by atoms with van der Waals surface area (Å²) >= 11 is 3.26. The van der Waals surface area contributed by atoms with Gasteiger partial charge in [-0.15, -0.1) is 0 Å². The number of carbonyl (C=O) groups excluding carboxylic acids is 1. The molecule has 0 saturated heterocycles. The molecule has 7 nitrogen and oxygen atoms in total. The number of carbonyl (C=O) groups is 1. The molecule has 1 amide bonds. The summed E-state index contributed by atoms with van der Waals surface area (Å²) in [5, 5.41) is 7.89. The Labute approximate surface area is 167 Å². The maximum atomic E-state index is 12.7. The number of unbranched alkanes of at least 4 members (excludes halogenated alkanes) is 1. The summed E-state index contributed by atoms with van der Waals surface area (Å²) in [5.74, 6) is 0.530. The van der Waals surface area contributed by atoms with Crippen molar-refractivity contribution in [3.8, 4) is 11.5 Å². The molecule has 0 unspecified atom stereocenters. The van der Waals surface area contributed by atoms with Crippen LogP contribution >= 0.6 is 15.9 Å². The summed E-state index contributed by atoms with van der Waals surface area (Å²) in [5.41, 5.74) is 0.548. The number of benzene rings is 2. The van der Waals surface area contributed by atoms with Crippen molar-refractivity contribution in [1.82, 2.24) is 0 Å². The van der Waals surface area contributed by atoms with Crippen LogP contribution in [0.5, 0.6) is 11.5 Å². The van der Waals surface area contributed by atoms with Crippen LogP contribution in [0.25, 0.3) is 0 Å². The van der Waals surface area contributed by atoms with E-state index in [0.29, 0.717) is 28.3 Å². The zero-order chi connectivity index (χ0) is 20.0. The maximum absolute atomic E-state index is 12.7. The van der Waals surface area contributed by atoms with Crippen molar-refractivity contribution >= 4 is 37.5 Å². The van der Waals surface area contributed by atoms with Gasteiger partial charge in [-0.05, 0) is 52.7 Å². The zero-order valence-electron chi connectivity index (χ0n) is 15.0. The predicted octanol–water partition coefficient (Wildman–Crippen LogP) is 3.54. The molecule has 2 aromatic carbocycles. The molecule has 0 spiro atoms. The number of nitrogens with one attached hydrogen (secondary N) is 1. The first kappa shape index (κ1) is 21.2. The van der Waals surface area contributed by atoms with Crippen LogP contribution in [0.3, 0.4) is 0 Å². The van der Waals surface area contributed by atoms with Gasteiger partial charge in [0.15, 0.2) is 0 Å². The van der Waals surface area contributed by atoms with Crippen LogP contribution in [0, 0.1) is 0 Å². The molecule has 2 rings (SSSR count). The highest BCUT2D eigenvalue weighted by Crippen LogP contribution is 2.31. The van der Waals surface area contributed by atoms with Crippen LogP contribution in [-0.2, 0) is 10.0 Å². The second-order valence-electron chi connectivity index (χ2n) is 5.70. The lowest BCUT2D eigenvalue weighted by atomic mass is 10.2. The molecule has 9 heteroatoms. The van der Waals surface area contributed by atoms with Gasteiger partial charge in [-0.3, -0.25) is 4.79 Å². The molecular weight excluding hydrogens is 436 g/mol. The van der Waals surface area contributed by atoms with E-state index in [2.05, 4.69) is 28.2 Å². The first-order chi connectivity index (χ1) is 12.8. The second-order valence-corrected chi connectivity index (χ2v) is 8.12. The highest BCUT2D eigenvalue weighted by Gasteiger charge is 2.17. The van der Waals surface area contributed by atoms with Gasteiger partial charge in [-0.2, -0.15) is 0 Å². The molecule has 27 heavy (non-hydrogen) atoms. The minimum atomic E-state index is -3.93. The molecular formula is C18H21BrN2O5S. The molecule has 0 saturated carbocycles. The Balaban J connectivity index is 2.34. The largest absolute Gasteiger partial charge is 0.497 e. The molecule has 0 bridgehead atoms. The minimum absolute atomic E-state index is 0.129. The molecule has 0 aromatic heterocycles. The van der Waals surface area contributed by atoms with Crippen LogP contribution in [0.2, 0.25) is 0 Å². The quantitative estimate of drug-likeness (QED) is 0.590. The number of hydrogen-bond donors (Lipinski definition) is 2. The number of anilines is 1. The number of rotatable bonds is 8. The Bertz CT molecular complexity index is 931. The third kappa shape index (κ3) is 5.69. The molecule has 2 aromatic rings. The average molecular weight is 457 g/mol. The van der Waals surface area contributed by atoms with Gasteiger partial charge in [0.05, 0.1) is 29.9 Å². The van der Waals surface area contributed by atoms with Crippen LogP contribution in [0.4, 0.5) is 5.69 Å². The van der Waals surface area contributed by atoms with Gasteiger partial charge in [0.1, 0.15) is 11.5 Å². The molecule has 0 fully saturated rings. The van der Waals surface area contributed by atoms with Gasteiger partial charge in [-0.25, -0.2) is 13.6 Å². The van der Waals surface area contributed by atoms with Crippen LogP contribution < -0.4 is 19.9 Å². The molecule has 146 valence electrons. The highest BCUT2D eigenvalue weighted by atomic mass is 79.9. The van der Waals surface area contributed by atoms with E-state index in [1.807, 2.05) is 0 Å². The van der Waals surface area contributed by atoms with E-state index in [1.165, 1.54) is 25.3 Å². The molecule has 3 N–H and O–H groups in total. The molecule has 0 heterocycles. The van der Waals surface area contributed by atoms with E-state index in [1.54, 1.807) is 18.2 Å². The van der Waals surface area contributed by atoms with E-state index in [-0.39, 0.29) is 10.5 Å². The number of hydrogen-bond acceptors (Lipinski definition) is 5. The summed E-state index contributed by atoms with van der Waals surface area (Å²) < 4.78 is 34.5. The predicted molar refractivity (Wildman–Crippen MR) is 107 cm³/mol. The fraction of sp³-hybridized carbons (Fsp3) is 0.278. The lowest BCUT2D eigenvalue weighted by molar-refractivity contribution is 0.102. The van der Waals surface area contributed by atoms with E-state index < -0.39 is 15.9 Å². The third-order valence-electron chi connectivity index (χ3n) is 3.70. The molecule has 0 aliphatic rings. The Morgan fingerprint density at radius 1 is 1.22 bits per heavy atom. The summed E-state index contributed by atoms with van der Waals surface area (Å²) in [6, 6.07) is 9.07. The number of primary sulfonamides is 1. The Kier molecular flexibility index (Phi) is 7.23. The van der Waals surface area contributed by atoms with Gasteiger partial charge in [0.2, 0.25) is 10.0 Å². The van der Waals surface area contributed by atoms with Gasteiger partial charge in [0, 0.05) is 10.5 Å². The Morgan fingerprint density at radius 2 is 1.96 bits per heavy atom. The van der Waals surface area contributed by atoms with Crippen molar-refractivity contribution in [1.29, 1.82) is 0 Å². The van der Waals surface area contributed by atoms with E-state index >= 15 is 0 Å². The molecule has 0 aliphatic carbocycles. The number of halogens is 1. The first-order valence-corrected chi connectivity index (χ1v) is 10.5. The van der Waals surface area contributed by atoms with Gasteiger partial charge in [0.25, 0.3) is 5.91 Å². The van der Waals surface area contributed by atoms with Crippen molar-refractivity contribution < 1.29 is 22.7 Å². The topological polar surface area (TPSA) is 108 Å². The number of methoxy groups -OCH3 is 1. The number of sulfonamides is 1. The van der Waals surface area contributed by atoms with Crippen molar-refractivity contribution in [2.45, 2.75) is 24.7 Å². The van der Waals surface area contributed by atoms with E-state index in [0.717, 1.165) is 12.8 Å². The molecule has 0 atom stereocenters. The van der Waals surface area contributed by atoms with Crippen LogP contribution in [0.15, 0.2) is 45.8 Å². The Hall–Kier alpha value is -2.10. The number of amides is 1. The lowest BCUT2D eigenvalue weighted by Crippen LogP contribution is -2.17. The summed E-state index contributed by atoms with van der Waals surface area (Å²) in [7, 11) is -2.41. The first-order valence-electron chi connectivity index (χ1n) is 8.20. The van der Waals surface area contributed by atoms with Crippen molar-refractivity contribution in [2.75, 3.05) is 19.0 Å². The third-order valence-corrected chi connectivity index (χ3v) is 5.30. The molecule has 0 radical (unpaired) electrons. The lowest BCUT2D eigenvalue weighted by Gasteiger charge is -2.14. The molecule has 0 aliphatic heterocycles. The maximum Gasteiger partial charge on any atom is 0.256 e. The number of nitrogens with two attached hydrogens (primary N) is 1. The second kappa shape index (κ2) is 9.20. The van der Waals surface area contributed by atoms with Crippen LogP contribution in [0.1, 0.15) is 30.1 Å². The van der Waals surface area contributed by atoms with Gasteiger partial charge < -0.3 is 14.8 Å². The Morgan fingerprint density at radius 3 is 2.59 bits per heavy atom. The average Bonchev–Trinajstić information content (AvgIpc) is 2.62. The fourth-order valence-electron chi connectivity index (χ4n) is 2.23. The minimum Gasteiger partial charge on any atom is -0.497 e. The monoisotopic (exact) mass is 456 g/mol. The normalized spacial score (nSPS) is 11.1. The summed E-state index contributed by atoms with van der Waals surface area (Å²) in [4.78, 5) is 12.6. The van der Waals surface area contributed by atoms with Gasteiger partial charge >= 0.3 is 0 Å². The number of ether oxygens (including phenoxy) is 2. The smallest absolute Gasteiger partial charge is 0.256 e. The van der Waals surface area contributed by atoms with Crippen LogP contribution in [-0.4, -0.2) is 28.0 Å². The zero-order valence-corrected chi connectivity index (χ0v) is 17.4. The van der Waals surface area contributed by atoms with Crippen molar-refractivity contribution in [2.24, 2.45) is 5.14 Å². The highest BCUT2D eigenvalue weighted by molar-refractivity contribution is 9.10. The summed E-state index contributed by atoms with van der Waals surface area (Å²) in [6.07, 6.45) is 1.85. The van der Waals surface area contributed by atoms with Crippen molar-refractivity contribution in [3.05, 3.63) is 46.4 Å². The van der Waals surface area contributed by atoms with E-state index in [9.17, 15) is 13.2 Å². The van der Waals surface area contributed by atoms with E-state index in [4.69, 9.17) is 14.6 Å². The van der Waals surface area contributed by atoms with Gasteiger partial charge in [-0.1, -0.05) is 13.3 Å². The standard InChI is InChI=1S/C18H21BrN2O5S/c1-3-4-9-26-17-8-5-12(25-2)10-16(17)21-18(22)14-11-13(27(20,23)24)6-7-15(14)19/h5-8,10-11H,3-4,9H2,1-2H3,(H,21,22)(H2,20,23,24). The SMILES string of the molecule is CCCCOc1ccc(OC)cc1NC(=O)c1cc(S(N)(=O)=O)ccc1Br. The summed E-state index contributed by atoms with van der Waals surface area (Å²) in [6.45, 7) is 2.56. The van der Waals surface area contributed by atoms with Crippen molar-refractivity contribution in [3.63, 3.8) is 0 Å².